The van der Waals surface area contributed by atoms with Crippen molar-refractivity contribution < 1.29 is 28.8 Å². The molecule has 37 heavy (non-hydrogen) atoms. The van der Waals surface area contributed by atoms with Gasteiger partial charge in [0.25, 0.3) is 0 Å². The van der Waals surface area contributed by atoms with E-state index in [1.54, 1.807) is 0 Å². The summed E-state index contributed by atoms with van der Waals surface area (Å²) in [6.45, 7) is 4.05. The number of carbonyl (C=O) groups is 1. The van der Waals surface area contributed by atoms with Crippen molar-refractivity contribution in [2.75, 3.05) is 6.61 Å². The molecule has 0 saturated heterocycles. The van der Waals surface area contributed by atoms with Crippen LogP contribution in [0.2, 0.25) is 0 Å². The Balaban J connectivity index is 4.05. The van der Waals surface area contributed by atoms with Crippen LogP contribution in [0.4, 0.5) is 0 Å². The maximum Gasteiger partial charge on any atom is 0.469 e. The normalized spacial score (nSPS) is 13.5. The van der Waals surface area contributed by atoms with E-state index >= 15 is 0 Å². The van der Waals surface area contributed by atoms with Crippen LogP contribution in [-0.4, -0.2) is 39.6 Å². The average molecular weight is 550 g/mol. The average Bonchev–Trinajstić information content (AvgIpc) is 2.85. The molecule has 8 heteroatoms. The van der Waals surface area contributed by atoms with Crippen molar-refractivity contribution in [2.45, 2.75) is 174 Å². The molecule has 0 radical (unpaired) electrons. The van der Waals surface area contributed by atoms with Gasteiger partial charge in [-0.1, -0.05) is 142 Å². The minimum absolute atomic E-state index is 0.199. The van der Waals surface area contributed by atoms with E-state index in [2.05, 4.69) is 23.7 Å². The van der Waals surface area contributed by atoms with Crippen LogP contribution in [-0.2, 0) is 13.9 Å². The van der Waals surface area contributed by atoms with Crippen LogP contribution >= 0.6 is 7.82 Å². The molecule has 7 nitrogen and oxygen atoms in total. The van der Waals surface area contributed by atoms with E-state index in [-0.39, 0.29) is 5.91 Å². The van der Waals surface area contributed by atoms with E-state index in [4.69, 9.17) is 9.79 Å². The molecule has 0 aliphatic heterocycles. The first-order valence-corrected chi connectivity index (χ1v) is 17.0. The quantitative estimate of drug-likeness (QED) is 0.0581. The van der Waals surface area contributed by atoms with Crippen LogP contribution in [0.3, 0.4) is 0 Å². The molecule has 0 aromatic rings. The lowest BCUT2D eigenvalue weighted by Crippen LogP contribution is -2.46. The van der Waals surface area contributed by atoms with E-state index < -0.39 is 26.6 Å². The first-order valence-electron chi connectivity index (χ1n) is 15.5. The maximum absolute atomic E-state index is 12.4. The fourth-order valence-electron chi connectivity index (χ4n) is 4.70. The van der Waals surface area contributed by atoms with Gasteiger partial charge in [-0.25, -0.2) is 4.57 Å². The molecule has 0 aliphatic rings. The summed E-state index contributed by atoms with van der Waals surface area (Å²) in [5, 5.41) is 13.3. The maximum atomic E-state index is 12.4. The molecule has 0 aromatic heterocycles. The smallest absolute Gasteiger partial charge is 0.391 e. The number of amides is 1. The third-order valence-corrected chi connectivity index (χ3v) is 7.58. The molecule has 0 fully saturated rings. The first-order chi connectivity index (χ1) is 17.8. The van der Waals surface area contributed by atoms with E-state index in [0.29, 0.717) is 12.8 Å². The van der Waals surface area contributed by atoms with Crippen molar-refractivity contribution in [3.05, 3.63) is 0 Å². The van der Waals surface area contributed by atoms with Crippen molar-refractivity contribution in [3.63, 3.8) is 0 Å². The van der Waals surface area contributed by atoms with Gasteiger partial charge in [0.15, 0.2) is 0 Å². The van der Waals surface area contributed by atoms with Gasteiger partial charge >= 0.3 is 7.82 Å². The summed E-state index contributed by atoms with van der Waals surface area (Å²) in [6.07, 6.45) is 25.2. The Morgan fingerprint density at radius 2 is 1.05 bits per heavy atom. The predicted molar refractivity (Wildman–Crippen MR) is 153 cm³/mol. The molecule has 1 amide bonds. The zero-order chi connectivity index (χ0) is 27.6. The number of carbonyl (C=O) groups excluding carboxylic acids is 1. The number of phosphoric ester groups is 1. The number of aliphatic hydroxyl groups is 1. The number of nitrogens with one attached hydrogen (secondary N) is 1. The number of rotatable bonds is 28. The van der Waals surface area contributed by atoms with Gasteiger partial charge in [-0.3, -0.25) is 9.32 Å². The molecule has 4 N–H and O–H groups in total. The fraction of sp³-hybridized carbons (Fsp3) is 0.966. The van der Waals surface area contributed by atoms with Gasteiger partial charge < -0.3 is 20.2 Å². The third-order valence-electron chi connectivity index (χ3n) is 7.09. The van der Waals surface area contributed by atoms with Crippen LogP contribution in [0.15, 0.2) is 0 Å². The molecule has 0 heterocycles. The Morgan fingerprint density at radius 3 is 1.46 bits per heavy atom. The highest BCUT2D eigenvalue weighted by Crippen LogP contribution is 2.36. The van der Waals surface area contributed by atoms with Crippen molar-refractivity contribution >= 4 is 13.7 Å². The van der Waals surface area contributed by atoms with E-state index in [0.717, 1.165) is 38.5 Å². The minimum atomic E-state index is -4.67. The monoisotopic (exact) mass is 549 g/mol. The molecule has 0 bridgehead atoms. The lowest BCUT2D eigenvalue weighted by Gasteiger charge is -2.24. The van der Waals surface area contributed by atoms with E-state index in [1.807, 2.05) is 0 Å². The Morgan fingerprint density at radius 1 is 0.676 bits per heavy atom. The second-order valence-corrected chi connectivity index (χ2v) is 12.0. The molecular formula is C29H60NO6P. The second kappa shape index (κ2) is 25.8. The summed E-state index contributed by atoms with van der Waals surface area (Å²) in [5.41, 5.74) is 0. The summed E-state index contributed by atoms with van der Waals surface area (Å²) < 4.78 is 15.8. The van der Waals surface area contributed by atoms with Crippen LogP contribution in [0.1, 0.15) is 162 Å². The highest BCUT2D eigenvalue weighted by molar-refractivity contribution is 7.46. The molecule has 2 atom stereocenters. The molecule has 0 saturated carbocycles. The van der Waals surface area contributed by atoms with Crippen molar-refractivity contribution in [3.8, 4) is 0 Å². The zero-order valence-electron chi connectivity index (χ0n) is 24.1. The highest BCUT2D eigenvalue weighted by atomic mass is 31.2. The number of hydrogen-bond donors (Lipinski definition) is 4. The SMILES string of the molecule is CCCCCCCCCCCCCCC[C@@H](O)[C@H](COP(=O)(O)O)NC(=O)CCCCCCCCCC. The summed E-state index contributed by atoms with van der Waals surface area (Å²) >= 11 is 0. The fourth-order valence-corrected chi connectivity index (χ4v) is 5.05. The topological polar surface area (TPSA) is 116 Å². The Labute approximate surface area is 228 Å². The lowest BCUT2D eigenvalue weighted by molar-refractivity contribution is -0.123. The third kappa shape index (κ3) is 26.9. The van der Waals surface area contributed by atoms with Gasteiger partial charge in [0, 0.05) is 6.42 Å². The largest absolute Gasteiger partial charge is 0.469 e. The second-order valence-electron chi connectivity index (χ2n) is 10.8. The Kier molecular flexibility index (Phi) is 25.5. The van der Waals surface area contributed by atoms with Crippen molar-refractivity contribution in [2.24, 2.45) is 0 Å². The lowest BCUT2D eigenvalue weighted by atomic mass is 10.0. The molecule has 0 spiro atoms. The van der Waals surface area contributed by atoms with Crippen molar-refractivity contribution in [1.82, 2.24) is 5.32 Å². The van der Waals surface area contributed by atoms with E-state index in [9.17, 15) is 14.5 Å². The molecule has 0 aliphatic carbocycles. The molecule has 0 rings (SSSR count). The molecule has 0 aromatic carbocycles. The van der Waals surface area contributed by atoms with Gasteiger partial charge in [0.1, 0.15) is 0 Å². The molecule has 0 unspecified atom stereocenters. The Hall–Kier alpha value is -0.460. The van der Waals surface area contributed by atoms with E-state index in [1.165, 1.54) is 96.3 Å². The van der Waals surface area contributed by atoms with Gasteiger partial charge in [-0.15, -0.1) is 0 Å². The summed E-state index contributed by atoms with van der Waals surface area (Å²) in [4.78, 5) is 30.5. The number of unbranched alkanes of at least 4 members (excludes halogenated alkanes) is 19. The van der Waals surface area contributed by atoms with Gasteiger partial charge in [-0.2, -0.15) is 0 Å². The summed E-state index contributed by atoms with van der Waals surface area (Å²) in [5.74, 6) is -0.199. The van der Waals surface area contributed by atoms with Gasteiger partial charge in [0.05, 0.1) is 18.8 Å². The number of hydrogen-bond acceptors (Lipinski definition) is 4. The van der Waals surface area contributed by atoms with Crippen LogP contribution < -0.4 is 5.32 Å². The van der Waals surface area contributed by atoms with Crippen LogP contribution in [0.5, 0.6) is 0 Å². The summed E-state index contributed by atoms with van der Waals surface area (Å²) in [7, 11) is -4.67. The molecular weight excluding hydrogens is 489 g/mol. The highest BCUT2D eigenvalue weighted by Gasteiger charge is 2.25. The first kappa shape index (κ1) is 36.5. The zero-order valence-corrected chi connectivity index (χ0v) is 25.0. The number of aliphatic hydroxyl groups excluding tert-OH is 1. The number of phosphoric acid groups is 1. The van der Waals surface area contributed by atoms with Gasteiger partial charge in [-0.05, 0) is 12.8 Å². The molecule has 222 valence electrons. The van der Waals surface area contributed by atoms with Crippen molar-refractivity contribution in [1.29, 1.82) is 0 Å². The Bertz CT molecular complexity index is 557. The van der Waals surface area contributed by atoms with Gasteiger partial charge in [0.2, 0.25) is 5.91 Å². The van der Waals surface area contributed by atoms with Crippen LogP contribution in [0.25, 0.3) is 0 Å². The minimum Gasteiger partial charge on any atom is -0.391 e. The summed E-state index contributed by atoms with van der Waals surface area (Å²) in [6, 6.07) is -0.813. The predicted octanol–water partition coefficient (Wildman–Crippen LogP) is 7.95. The standard InChI is InChI=1S/C29H60NO6P/c1-3-5-7-9-11-13-14-15-16-17-18-20-22-24-28(31)27(26-36-37(33,34)35)30-29(32)25-23-21-19-12-10-8-6-4-2/h27-28,31H,3-26H2,1-2H3,(H,30,32)(H2,33,34,35)/t27-,28+/m0/s1. The van der Waals surface area contributed by atoms with Crippen LogP contribution in [0, 0.1) is 0 Å².